The van der Waals surface area contributed by atoms with Crippen molar-refractivity contribution in [3.05, 3.63) is 24.3 Å². The first-order valence-corrected chi connectivity index (χ1v) is 5.38. The van der Waals surface area contributed by atoms with E-state index in [0.29, 0.717) is 11.7 Å². The molecule has 1 aromatic rings. The summed E-state index contributed by atoms with van der Waals surface area (Å²) in [6, 6.07) is 7.47. The summed E-state index contributed by atoms with van der Waals surface area (Å²) in [5.41, 5.74) is 6.77. The monoisotopic (exact) mass is 220 g/mol. The number of hydrogen-bond acceptors (Lipinski definition) is 3. The minimum absolute atomic E-state index is 0.462. The fourth-order valence-corrected chi connectivity index (χ4v) is 1.84. The number of amides is 2. The Balaban J connectivity index is 2.00. The standard InChI is InChI=1S/C11H16N4O/c12-11(16)15-9-3-1-2-8(6-9)14-10-4-5-13-7-10/h1-3,6,10,13-14H,4-5,7H2,(H3,12,15,16). The van der Waals surface area contributed by atoms with E-state index >= 15 is 0 Å². The summed E-state index contributed by atoms with van der Waals surface area (Å²) in [6.45, 7) is 2.03. The van der Waals surface area contributed by atoms with Crippen LogP contribution in [0.15, 0.2) is 24.3 Å². The summed E-state index contributed by atoms with van der Waals surface area (Å²) in [5.74, 6) is 0. The third-order valence-corrected chi connectivity index (χ3v) is 2.56. The molecule has 0 aromatic heterocycles. The highest BCUT2D eigenvalue weighted by molar-refractivity contribution is 5.88. The van der Waals surface area contributed by atoms with Crippen molar-refractivity contribution < 1.29 is 4.79 Å². The molecule has 1 aliphatic rings. The second-order valence-electron chi connectivity index (χ2n) is 3.90. The van der Waals surface area contributed by atoms with Gasteiger partial charge in [-0.15, -0.1) is 0 Å². The zero-order valence-corrected chi connectivity index (χ0v) is 8.99. The van der Waals surface area contributed by atoms with Crippen LogP contribution in [0.4, 0.5) is 16.2 Å². The van der Waals surface area contributed by atoms with Crippen molar-refractivity contribution in [1.82, 2.24) is 5.32 Å². The molecular weight excluding hydrogens is 204 g/mol. The number of carbonyl (C=O) groups is 1. The molecular formula is C11H16N4O. The van der Waals surface area contributed by atoms with E-state index in [4.69, 9.17) is 5.73 Å². The predicted molar refractivity (Wildman–Crippen MR) is 64.5 cm³/mol. The first-order chi connectivity index (χ1) is 7.74. The number of nitrogens with two attached hydrogens (primary N) is 1. The van der Waals surface area contributed by atoms with Gasteiger partial charge >= 0.3 is 6.03 Å². The predicted octanol–water partition coefficient (Wildman–Crippen LogP) is 0.951. The van der Waals surface area contributed by atoms with Gasteiger partial charge in [0.1, 0.15) is 0 Å². The lowest BCUT2D eigenvalue weighted by Gasteiger charge is -2.13. The summed E-state index contributed by atoms with van der Waals surface area (Å²) < 4.78 is 0. The van der Waals surface area contributed by atoms with Crippen LogP contribution < -0.4 is 21.7 Å². The number of benzene rings is 1. The number of carbonyl (C=O) groups excluding carboxylic acids is 1. The number of primary amides is 1. The Morgan fingerprint density at radius 2 is 2.25 bits per heavy atom. The Bertz CT molecular complexity index is 374. The molecule has 0 aliphatic carbocycles. The third-order valence-electron chi connectivity index (χ3n) is 2.56. The molecule has 1 unspecified atom stereocenters. The highest BCUT2D eigenvalue weighted by Crippen LogP contribution is 2.17. The molecule has 1 fully saturated rings. The summed E-state index contributed by atoms with van der Waals surface area (Å²) in [5, 5.41) is 9.24. The lowest BCUT2D eigenvalue weighted by atomic mass is 10.2. The zero-order chi connectivity index (χ0) is 11.4. The summed E-state index contributed by atoms with van der Waals surface area (Å²) in [4.78, 5) is 10.7. The van der Waals surface area contributed by atoms with Crippen LogP contribution in [-0.4, -0.2) is 25.2 Å². The van der Waals surface area contributed by atoms with Crippen LogP contribution in [0, 0.1) is 0 Å². The highest BCUT2D eigenvalue weighted by Gasteiger charge is 2.13. The van der Waals surface area contributed by atoms with Crippen LogP contribution in [0.1, 0.15) is 6.42 Å². The molecule has 2 rings (SSSR count). The van der Waals surface area contributed by atoms with E-state index in [1.165, 1.54) is 0 Å². The van der Waals surface area contributed by atoms with E-state index in [2.05, 4.69) is 16.0 Å². The molecule has 1 heterocycles. The molecule has 0 radical (unpaired) electrons. The summed E-state index contributed by atoms with van der Waals surface area (Å²) in [7, 11) is 0. The van der Waals surface area contributed by atoms with Crippen molar-refractivity contribution >= 4 is 17.4 Å². The van der Waals surface area contributed by atoms with Gasteiger partial charge in [0.25, 0.3) is 0 Å². The average Bonchev–Trinajstić information content (AvgIpc) is 2.70. The molecule has 0 saturated carbocycles. The fourth-order valence-electron chi connectivity index (χ4n) is 1.84. The molecule has 5 nitrogen and oxygen atoms in total. The second-order valence-corrected chi connectivity index (χ2v) is 3.90. The van der Waals surface area contributed by atoms with Gasteiger partial charge in [-0.3, -0.25) is 0 Å². The number of rotatable bonds is 3. The van der Waals surface area contributed by atoms with Gasteiger partial charge in [-0.05, 0) is 31.2 Å². The topological polar surface area (TPSA) is 79.2 Å². The lowest BCUT2D eigenvalue weighted by molar-refractivity contribution is 0.259. The van der Waals surface area contributed by atoms with Crippen molar-refractivity contribution in [3.63, 3.8) is 0 Å². The van der Waals surface area contributed by atoms with Crippen LogP contribution in [0.2, 0.25) is 0 Å². The Morgan fingerprint density at radius 3 is 2.94 bits per heavy atom. The smallest absolute Gasteiger partial charge is 0.316 e. The van der Waals surface area contributed by atoms with Gasteiger partial charge in [-0.1, -0.05) is 6.07 Å². The minimum atomic E-state index is -0.542. The molecule has 5 heteroatoms. The molecule has 1 aliphatic heterocycles. The van der Waals surface area contributed by atoms with E-state index in [1.54, 1.807) is 0 Å². The van der Waals surface area contributed by atoms with Gasteiger partial charge in [-0.25, -0.2) is 4.79 Å². The number of hydrogen-bond donors (Lipinski definition) is 4. The van der Waals surface area contributed by atoms with E-state index in [1.807, 2.05) is 24.3 Å². The van der Waals surface area contributed by atoms with E-state index in [-0.39, 0.29) is 0 Å². The minimum Gasteiger partial charge on any atom is -0.381 e. The Kier molecular flexibility index (Phi) is 3.26. The zero-order valence-electron chi connectivity index (χ0n) is 8.99. The molecule has 1 saturated heterocycles. The SMILES string of the molecule is NC(=O)Nc1cccc(NC2CCNC2)c1. The van der Waals surface area contributed by atoms with Gasteiger partial charge in [0.2, 0.25) is 0 Å². The second kappa shape index (κ2) is 4.85. The summed E-state index contributed by atoms with van der Waals surface area (Å²) >= 11 is 0. The van der Waals surface area contributed by atoms with Crippen molar-refractivity contribution in [2.75, 3.05) is 23.7 Å². The lowest BCUT2D eigenvalue weighted by Crippen LogP contribution is -2.22. The molecule has 86 valence electrons. The van der Waals surface area contributed by atoms with Gasteiger partial charge in [-0.2, -0.15) is 0 Å². The van der Waals surface area contributed by atoms with E-state index < -0.39 is 6.03 Å². The van der Waals surface area contributed by atoms with Crippen molar-refractivity contribution in [3.8, 4) is 0 Å². The largest absolute Gasteiger partial charge is 0.381 e. The van der Waals surface area contributed by atoms with Crippen LogP contribution >= 0.6 is 0 Å². The Hall–Kier alpha value is -1.75. The first kappa shape index (κ1) is 10.8. The van der Waals surface area contributed by atoms with Gasteiger partial charge in [0, 0.05) is 24.0 Å². The number of urea groups is 1. The maximum absolute atomic E-state index is 10.7. The summed E-state index contributed by atoms with van der Waals surface area (Å²) in [6.07, 6.45) is 1.12. The molecule has 1 atom stereocenters. The molecule has 0 bridgehead atoms. The Morgan fingerprint density at radius 1 is 1.44 bits per heavy atom. The van der Waals surface area contributed by atoms with Crippen LogP contribution in [-0.2, 0) is 0 Å². The fraction of sp³-hybridized carbons (Fsp3) is 0.364. The highest BCUT2D eigenvalue weighted by atomic mass is 16.2. The van der Waals surface area contributed by atoms with E-state index in [9.17, 15) is 4.79 Å². The van der Waals surface area contributed by atoms with Crippen LogP contribution in [0.3, 0.4) is 0 Å². The Labute approximate surface area is 94.4 Å². The van der Waals surface area contributed by atoms with Crippen molar-refractivity contribution in [2.24, 2.45) is 5.73 Å². The molecule has 5 N–H and O–H groups in total. The van der Waals surface area contributed by atoms with Gasteiger partial charge in [0.15, 0.2) is 0 Å². The number of nitrogens with one attached hydrogen (secondary N) is 3. The quantitative estimate of drug-likeness (QED) is 0.612. The van der Waals surface area contributed by atoms with Crippen LogP contribution in [0.5, 0.6) is 0 Å². The molecule has 2 amide bonds. The third kappa shape index (κ3) is 2.87. The van der Waals surface area contributed by atoms with Crippen molar-refractivity contribution in [1.29, 1.82) is 0 Å². The van der Waals surface area contributed by atoms with Crippen molar-refractivity contribution in [2.45, 2.75) is 12.5 Å². The maximum atomic E-state index is 10.7. The first-order valence-electron chi connectivity index (χ1n) is 5.38. The van der Waals surface area contributed by atoms with Crippen LogP contribution in [0.25, 0.3) is 0 Å². The molecule has 0 spiro atoms. The maximum Gasteiger partial charge on any atom is 0.316 e. The van der Waals surface area contributed by atoms with Gasteiger partial charge < -0.3 is 21.7 Å². The normalized spacial score (nSPS) is 19.4. The van der Waals surface area contributed by atoms with Gasteiger partial charge in [0.05, 0.1) is 0 Å². The van der Waals surface area contributed by atoms with E-state index in [0.717, 1.165) is 25.2 Å². The number of anilines is 2. The molecule has 1 aromatic carbocycles. The molecule has 16 heavy (non-hydrogen) atoms. The average molecular weight is 220 g/mol.